The minimum absolute atomic E-state index is 0.0663. The second-order valence-electron chi connectivity index (χ2n) is 6.16. The quantitative estimate of drug-likeness (QED) is 0.893. The number of anilines is 1. The van der Waals surface area contributed by atoms with Gasteiger partial charge in [-0.2, -0.15) is 13.2 Å². The maximum absolute atomic E-state index is 12.5. The molecule has 1 unspecified atom stereocenters. The molecule has 1 aliphatic heterocycles. The number of hydrogen-bond donors (Lipinski definition) is 1. The number of nitrogens with zero attached hydrogens (tertiary/aromatic N) is 3. The molecule has 134 valence electrons. The van der Waals surface area contributed by atoms with Crippen LogP contribution in [0.3, 0.4) is 0 Å². The highest BCUT2D eigenvalue weighted by Crippen LogP contribution is 2.22. The zero-order valence-electron chi connectivity index (χ0n) is 13.9. The topological polar surface area (TPSA) is 48.5 Å². The highest BCUT2D eigenvalue weighted by Gasteiger charge is 2.33. The summed E-state index contributed by atoms with van der Waals surface area (Å²) in [6.07, 6.45) is -0.202. The lowest BCUT2D eigenvalue weighted by Gasteiger charge is -2.25. The third-order valence-corrected chi connectivity index (χ3v) is 4.20. The first kappa shape index (κ1) is 18.5. The number of alkyl halides is 3. The zero-order valence-corrected chi connectivity index (χ0v) is 13.9. The van der Waals surface area contributed by atoms with Gasteiger partial charge in [-0.25, -0.2) is 4.79 Å². The van der Waals surface area contributed by atoms with Gasteiger partial charge in [0.25, 0.3) is 0 Å². The predicted molar refractivity (Wildman–Crippen MR) is 85.8 cm³/mol. The van der Waals surface area contributed by atoms with Crippen molar-refractivity contribution in [3.63, 3.8) is 0 Å². The van der Waals surface area contributed by atoms with Gasteiger partial charge in [0, 0.05) is 37.7 Å². The largest absolute Gasteiger partial charge is 0.401 e. The maximum Gasteiger partial charge on any atom is 0.401 e. The van der Waals surface area contributed by atoms with E-state index >= 15 is 0 Å². The molecule has 0 aliphatic carbocycles. The van der Waals surface area contributed by atoms with E-state index in [0.29, 0.717) is 31.9 Å². The molecule has 1 aromatic heterocycles. The number of carbonyl (C=O) groups excluding carboxylic acids is 1. The average Bonchev–Trinajstić information content (AvgIpc) is 2.96. The molecule has 0 saturated carbocycles. The van der Waals surface area contributed by atoms with Crippen molar-refractivity contribution in [1.29, 1.82) is 0 Å². The van der Waals surface area contributed by atoms with Crippen LogP contribution in [0.5, 0.6) is 0 Å². The normalized spacial score (nSPS) is 18.2. The van der Waals surface area contributed by atoms with Crippen LogP contribution in [-0.2, 0) is 0 Å². The molecular weight excluding hydrogens is 321 g/mol. The summed E-state index contributed by atoms with van der Waals surface area (Å²) in [7, 11) is 0. The molecule has 1 atom stereocenters. The molecule has 0 radical (unpaired) electrons. The van der Waals surface area contributed by atoms with Crippen LogP contribution in [-0.4, -0.2) is 59.7 Å². The Balaban J connectivity index is 1.86. The van der Waals surface area contributed by atoms with Gasteiger partial charge in [0.05, 0.1) is 6.54 Å². The number of aromatic nitrogens is 1. The second-order valence-corrected chi connectivity index (χ2v) is 6.16. The second kappa shape index (κ2) is 7.83. The molecule has 1 fully saturated rings. The molecule has 2 amide bonds. The van der Waals surface area contributed by atoms with E-state index in [2.05, 4.69) is 10.3 Å². The predicted octanol–water partition coefficient (Wildman–Crippen LogP) is 3.13. The van der Waals surface area contributed by atoms with Crippen LogP contribution in [0.25, 0.3) is 0 Å². The monoisotopic (exact) mass is 344 g/mol. The van der Waals surface area contributed by atoms with Crippen molar-refractivity contribution >= 4 is 11.7 Å². The lowest BCUT2D eigenvalue weighted by Crippen LogP contribution is -2.39. The minimum atomic E-state index is -4.19. The molecule has 5 nitrogen and oxygen atoms in total. The average molecular weight is 344 g/mol. The number of halogens is 3. The van der Waals surface area contributed by atoms with Crippen molar-refractivity contribution in [2.24, 2.45) is 5.92 Å². The fourth-order valence-electron chi connectivity index (χ4n) is 2.90. The number of hydrogen-bond acceptors (Lipinski definition) is 3. The maximum atomic E-state index is 12.5. The number of pyridine rings is 1. The number of likely N-dealkylation sites (tertiary alicyclic amines) is 1. The van der Waals surface area contributed by atoms with Gasteiger partial charge in [-0.1, -0.05) is 6.92 Å². The van der Waals surface area contributed by atoms with Gasteiger partial charge < -0.3 is 10.2 Å². The summed E-state index contributed by atoms with van der Waals surface area (Å²) in [4.78, 5) is 19.3. The van der Waals surface area contributed by atoms with Crippen molar-refractivity contribution < 1.29 is 18.0 Å². The highest BCUT2D eigenvalue weighted by atomic mass is 19.4. The summed E-state index contributed by atoms with van der Waals surface area (Å²) in [5.41, 5.74) is 1.56. The molecule has 8 heteroatoms. The summed E-state index contributed by atoms with van der Waals surface area (Å²) in [5, 5.41) is 2.83. The number of aryl methyl sites for hydroxylation is 1. The molecule has 0 spiro atoms. The molecule has 1 N–H and O–H groups in total. The van der Waals surface area contributed by atoms with Crippen molar-refractivity contribution in [3.8, 4) is 0 Å². The van der Waals surface area contributed by atoms with E-state index in [-0.39, 0.29) is 11.9 Å². The van der Waals surface area contributed by atoms with Gasteiger partial charge >= 0.3 is 12.2 Å². The standard InChI is InChI=1S/C16H23F3N4O/c1-3-22(11-16(17,18)19)9-13-5-7-23(10-13)15(24)21-14-4-6-20-8-12(14)2/h4,6,8,13H,3,5,7,9-11H2,1-2H3,(H,20,21,24). The lowest BCUT2D eigenvalue weighted by atomic mass is 10.1. The van der Waals surface area contributed by atoms with Crippen molar-refractivity contribution in [3.05, 3.63) is 24.0 Å². The van der Waals surface area contributed by atoms with Crippen LogP contribution in [0.15, 0.2) is 18.5 Å². The van der Waals surface area contributed by atoms with Gasteiger partial charge in [-0.15, -0.1) is 0 Å². The number of urea groups is 1. The SMILES string of the molecule is CCN(CC1CCN(C(=O)Nc2ccncc2C)C1)CC(F)(F)F. The number of nitrogens with one attached hydrogen (secondary N) is 1. The zero-order chi connectivity index (χ0) is 17.7. The Morgan fingerprint density at radius 3 is 2.88 bits per heavy atom. The van der Waals surface area contributed by atoms with Gasteiger partial charge in [0.2, 0.25) is 0 Å². The summed E-state index contributed by atoms with van der Waals surface area (Å²) in [6.45, 7) is 4.41. The van der Waals surface area contributed by atoms with Crippen LogP contribution < -0.4 is 5.32 Å². The highest BCUT2D eigenvalue weighted by molar-refractivity contribution is 5.90. The van der Waals surface area contributed by atoms with E-state index in [9.17, 15) is 18.0 Å². The Kier molecular flexibility index (Phi) is 6.04. The summed E-state index contributed by atoms with van der Waals surface area (Å²) < 4.78 is 37.6. The first-order chi connectivity index (χ1) is 11.3. The summed E-state index contributed by atoms with van der Waals surface area (Å²) in [6, 6.07) is 1.51. The molecule has 1 saturated heterocycles. The Morgan fingerprint density at radius 1 is 1.50 bits per heavy atom. The van der Waals surface area contributed by atoms with Crippen molar-refractivity contribution in [2.45, 2.75) is 26.4 Å². The Morgan fingerprint density at radius 2 is 2.25 bits per heavy atom. The molecule has 1 aromatic rings. The van der Waals surface area contributed by atoms with Crippen molar-refractivity contribution in [2.75, 3.05) is 38.0 Å². The molecule has 1 aliphatic rings. The first-order valence-corrected chi connectivity index (χ1v) is 8.04. The fraction of sp³-hybridized carbons (Fsp3) is 0.625. The van der Waals surface area contributed by atoms with Crippen molar-refractivity contribution in [1.82, 2.24) is 14.8 Å². The Labute approximate surface area is 139 Å². The molecule has 0 aromatic carbocycles. The number of amides is 2. The third kappa shape index (κ3) is 5.36. The minimum Gasteiger partial charge on any atom is -0.324 e. The summed E-state index contributed by atoms with van der Waals surface area (Å²) in [5.74, 6) is 0.0663. The fourth-order valence-corrected chi connectivity index (χ4v) is 2.90. The van der Waals surface area contributed by atoms with E-state index in [1.807, 2.05) is 6.92 Å². The smallest absolute Gasteiger partial charge is 0.324 e. The van der Waals surface area contributed by atoms with E-state index in [0.717, 1.165) is 12.0 Å². The molecule has 2 heterocycles. The van der Waals surface area contributed by atoms with Crippen LogP contribution in [0.2, 0.25) is 0 Å². The third-order valence-electron chi connectivity index (χ3n) is 4.20. The molecule has 2 rings (SSSR count). The lowest BCUT2D eigenvalue weighted by molar-refractivity contribution is -0.146. The van der Waals surface area contributed by atoms with Crippen LogP contribution in [0.4, 0.5) is 23.7 Å². The Bertz CT molecular complexity index is 564. The van der Waals surface area contributed by atoms with Gasteiger partial charge in [-0.05, 0) is 37.4 Å². The molecule has 24 heavy (non-hydrogen) atoms. The van der Waals surface area contributed by atoms with Crippen LogP contribution >= 0.6 is 0 Å². The van der Waals surface area contributed by atoms with Gasteiger partial charge in [-0.3, -0.25) is 9.88 Å². The molecular formula is C16H23F3N4O. The van der Waals surface area contributed by atoms with Crippen LogP contribution in [0.1, 0.15) is 18.9 Å². The van der Waals surface area contributed by atoms with Crippen LogP contribution in [0, 0.1) is 12.8 Å². The number of carbonyl (C=O) groups is 1. The van der Waals surface area contributed by atoms with E-state index in [4.69, 9.17) is 0 Å². The molecule has 0 bridgehead atoms. The van der Waals surface area contributed by atoms with E-state index < -0.39 is 12.7 Å². The van der Waals surface area contributed by atoms with E-state index in [1.54, 1.807) is 30.3 Å². The van der Waals surface area contributed by atoms with Gasteiger partial charge in [0.1, 0.15) is 0 Å². The van der Waals surface area contributed by atoms with E-state index in [1.165, 1.54) is 4.90 Å². The number of rotatable bonds is 5. The van der Waals surface area contributed by atoms with Gasteiger partial charge in [0.15, 0.2) is 0 Å². The Hall–Kier alpha value is -1.83. The first-order valence-electron chi connectivity index (χ1n) is 8.04. The summed E-state index contributed by atoms with van der Waals surface area (Å²) >= 11 is 0.